The van der Waals surface area contributed by atoms with Crippen LogP contribution in [0.1, 0.15) is 18.4 Å². The molecule has 0 aliphatic heterocycles. The molecule has 13 heteroatoms. The molecule has 0 bridgehead atoms. The highest BCUT2D eigenvalue weighted by atomic mass is 35.5. The van der Waals surface area contributed by atoms with Crippen LogP contribution in [0.25, 0.3) is 22.2 Å². The Balaban J connectivity index is 1.62. The van der Waals surface area contributed by atoms with Crippen LogP contribution < -0.4 is 25.4 Å². The van der Waals surface area contributed by atoms with E-state index in [1.165, 1.54) is 20.3 Å². The van der Waals surface area contributed by atoms with Crippen LogP contribution in [-0.4, -0.2) is 47.0 Å². The molecule has 1 saturated carbocycles. The van der Waals surface area contributed by atoms with Crippen molar-refractivity contribution in [1.29, 1.82) is 0 Å². The van der Waals surface area contributed by atoms with Gasteiger partial charge >= 0.3 is 0 Å². The van der Waals surface area contributed by atoms with E-state index in [4.69, 9.17) is 37.7 Å². The van der Waals surface area contributed by atoms with Crippen LogP contribution in [0.2, 0.25) is 10.0 Å². The molecule has 2 heterocycles. The first kappa shape index (κ1) is 29.3. The third-order valence-electron chi connectivity index (χ3n) is 6.78. The van der Waals surface area contributed by atoms with Crippen molar-refractivity contribution in [3.63, 3.8) is 0 Å². The van der Waals surface area contributed by atoms with Crippen LogP contribution in [0.4, 0.5) is 31.9 Å². The number of halogens is 4. The molecule has 1 aliphatic carbocycles. The van der Waals surface area contributed by atoms with E-state index >= 15 is 0 Å². The number of methoxy groups -OCH3 is 2. The molecule has 2 aromatic carbocycles. The van der Waals surface area contributed by atoms with Crippen molar-refractivity contribution in [2.45, 2.75) is 31.7 Å². The maximum atomic E-state index is 13.7. The quantitative estimate of drug-likeness (QED) is 0.167. The number of anilines is 4. The number of para-hydroxylation sites is 1. The van der Waals surface area contributed by atoms with Gasteiger partial charge in [-0.3, -0.25) is 4.79 Å². The second kappa shape index (κ2) is 11.6. The minimum atomic E-state index is -2.75. The summed E-state index contributed by atoms with van der Waals surface area (Å²) in [5, 5.41) is 9.96. The summed E-state index contributed by atoms with van der Waals surface area (Å²) in [6, 6.07) is 8.11. The molecular weight excluding hydrogens is 589 g/mol. The topological polar surface area (TPSA) is 110 Å². The summed E-state index contributed by atoms with van der Waals surface area (Å²) in [6.45, 7) is 5.35. The second-order valence-electron chi connectivity index (χ2n) is 9.69. The number of aromatic nitrogens is 3. The van der Waals surface area contributed by atoms with Gasteiger partial charge in [0.05, 0.1) is 41.3 Å². The predicted octanol–water partition coefficient (Wildman–Crippen LogP) is 7.40. The summed E-state index contributed by atoms with van der Waals surface area (Å²) in [5.41, 5.74) is 2.94. The number of aryl methyl sites for hydroxylation is 1. The zero-order valence-electron chi connectivity index (χ0n) is 22.8. The first-order chi connectivity index (χ1) is 20.0. The molecule has 1 fully saturated rings. The van der Waals surface area contributed by atoms with Crippen LogP contribution in [0.3, 0.4) is 0 Å². The lowest BCUT2D eigenvalue weighted by molar-refractivity contribution is -0.111. The lowest BCUT2D eigenvalue weighted by Crippen LogP contribution is -2.44. The standard InChI is InChI=1S/C29H26Cl2F2N6O3/c1-5-21(40)36-17-8-6-7-14(2)25(17)38-28-34-13-15-9-18(22-23(30)19(41-3)10-20(42-4)24(22)31)37-27(26(15)39-28)35-16-11-29(32,33)12-16/h5-10,13,16H,1,11-12H2,2-4H3,(H,35,37)(H,36,40)(H,34,38,39). The van der Waals surface area contributed by atoms with E-state index in [1.54, 1.807) is 30.5 Å². The number of ether oxygens (including phenoxy) is 2. The van der Waals surface area contributed by atoms with E-state index in [-0.39, 0.29) is 40.6 Å². The Morgan fingerprint density at radius 3 is 2.43 bits per heavy atom. The van der Waals surface area contributed by atoms with Crippen LogP contribution in [-0.2, 0) is 4.79 Å². The Bertz CT molecular complexity index is 1680. The Labute approximate surface area is 250 Å². The number of fused-ring (bicyclic) bond motifs is 1. The Morgan fingerprint density at radius 2 is 1.81 bits per heavy atom. The normalized spacial score (nSPS) is 14.2. The zero-order chi connectivity index (χ0) is 30.2. The van der Waals surface area contributed by atoms with Crippen molar-refractivity contribution in [1.82, 2.24) is 15.0 Å². The van der Waals surface area contributed by atoms with Crippen molar-refractivity contribution >= 4 is 63.2 Å². The maximum absolute atomic E-state index is 13.7. The molecule has 0 atom stereocenters. The highest BCUT2D eigenvalue weighted by Crippen LogP contribution is 2.47. The van der Waals surface area contributed by atoms with Crippen LogP contribution in [0, 0.1) is 6.92 Å². The number of amides is 1. The lowest BCUT2D eigenvalue weighted by atomic mass is 9.88. The molecule has 0 spiro atoms. The fraction of sp³-hybridized carbons (Fsp3) is 0.241. The van der Waals surface area contributed by atoms with Crippen molar-refractivity contribution in [2.75, 3.05) is 30.2 Å². The van der Waals surface area contributed by atoms with E-state index in [0.717, 1.165) is 5.56 Å². The first-order valence-corrected chi connectivity index (χ1v) is 13.5. The molecule has 4 aromatic rings. The van der Waals surface area contributed by atoms with E-state index in [1.807, 2.05) is 13.0 Å². The molecule has 218 valence electrons. The van der Waals surface area contributed by atoms with Gasteiger partial charge in [0.15, 0.2) is 5.82 Å². The fourth-order valence-corrected chi connectivity index (χ4v) is 5.32. The van der Waals surface area contributed by atoms with Crippen molar-refractivity contribution in [3.8, 4) is 22.8 Å². The fourth-order valence-electron chi connectivity index (χ4n) is 4.63. The van der Waals surface area contributed by atoms with Gasteiger partial charge in [0, 0.05) is 42.1 Å². The summed E-state index contributed by atoms with van der Waals surface area (Å²) in [5.74, 6) is -2.06. The van der Waals surface area contributed by atoms with Crippen molar-refractivity contribution in [3.05, 3.63) is 64.8 Å². The number of hydrogen-bond donors (Lipinski definition) is 3. The van der Waals surface area contributed by atoms with E-state index in [9.17, 15) is 13.6 Å². The summed E-state index contributed by atoms with van der Waals surface area (Å²) >= 11 is 13.3. The average Bonchev–Trinajstić information content (AvgIpc) is 2.94. The molecule has 0 unspecified atom stereocenters. The molecule has 3 N–H and O–H groups in total. The van der Waals surface area contributed by atoms with Gasteiger partial charge < -0.3 is 25.4 Å². The van der Waals surface area contributed by atoms with Gasteiger partial charge in [-0.25, -0.2) is 23.7 Å². The van der Waals surface area contributed by atoms with Gasteiger partial charge in [0.2, 0.25) is 11.9 Å². The van der Waals surface area contributed by atoms with Gasteiger partial charge in [0.25, 0.3) is 5.92 Å². The van der Waals surface area contributed by atoms with Gasteiger partial charge in [-0.05, 0) is 30.7 Å². The minimum absolute atomic E-state index is 0.196. The number of benzene rings is 2. The smallest absolute Gasteiger partial charge is 0.252 e. The van der Waals surface area contributed by atoms with E-state index < -0.39 is 12.0 Å². The summed E-state index contributed by atoms with van der Waals surface area (Å²) in [7, 11) is 2.92. The molecule has 1 amide bonds. The highest BCUT2D eigenvalue weighted by molar-refractivity contribution is 6.41. The zero-order valence-corrected chi connectivity index (χ0v) is 24.3. The summed E-state index contributed by atoms with van der Waals surface area (Å²) < 4.78 is 38.2. The third-order valence-corrected chi connectivity index (χ3v) is 7.53. The molecule has 9 nitrogen and oxygen atoms in total. The summed E-state index contributed by atoms with van der Waals surface area (Å²) in [6.07, 6.45) is 2.04. The Kier molecular flexibility index (Phi) is 8.07. The van der Waals surface area contributed by atoms with Crippen LogP contribution >= 0.6 is 23.2 Å². The van der Waals surface area contributed by atoms with Crippen molar-refractivity contribution in [2.24, 2.45) is 0 Å². The molecule has 42 heavy (non-hydrogen) atoms. The number of nitrogens with one attached hydrogen (secondary N) is 3. The average molecular weight is 615 g/mol. The van der Waals surface area contributed by atoms with Gasteiger partial charge in [-0.15, -0.1) is 0 Å². The number of pyridine rings is 1. The number of alkyl halides is 2. The monoisotopic (exact) mass is 614 g/mol. The molecule has 0 saturated heterocycles. The molecular formula is C29H26Cl2F2N6O3. The lowest BCUT2D eigenvalue weighted by Gasteiger charge is -2.35. The third kappa shape index (κ3) is 5.75. The number of carbonyl (C=O) groups excluding carboxylic acids is 1. The van der Waals surface area contributed by atoms with Crippen LogP contribution in [0.15, 0.2) is 49.2 Å². The molecule has 0 radical (unpaired) electrons. The number of rotatable bonds is 9. The van der Waals surface area contributed by atoms with Gasteiger partial charge in [-0.2, -0.15) is 0 Å². The molecule has 1 aliphatic rings. The van der Waals surface area contributed by atoms with E-state index in [0.29, 0.717) is 45.0 Å². The largest absolute Gasteiger partial charge is 0.495 e. The van der Waals surface area contributed by atoms with E-state index in [2.05, 4.69) is 32.5 Å². The number of hydrogen-bond acceptors (Lipinski definition) is 8. The molecule has 2 aromatic heterocycles. The Morgan fingerprint density at radius 1 is 1.12 bits per heavy atom. The number of nitrogens with zero attached hydrogens (tertiary/aromatic N) is 3. The highest BCUT2D eigenvalue weighted by Gasteiger charge is 2.45. The maximum Gasteiger partial charge on any atom is 0.252 e. The number of carbonyl (C=O) groups is 1. The predicted molar refractivity (Wildman–Crippen MR) is 161 cm³/mol. The minimum Gasteiger partial charge on any atom is -0.495 e. The Hall–Kier alpha value is -4.22. The first-order valence-electron chi connectivity index (χ1n) is 12.8. The molecule has 5 rings (SSSR count). The van der Waals surface area contributed by atoms with Crippen LogP contribution in [0.5, 0.6) is 11.5 Å². The van der Waals surface area contributed by atoms with Gasteiger partial charge in [0.1, 0.15) is 17.0 Å². The summed E-state index contributed by atoms with van der Waals surface area (Å²) in [4.78, 5) is 25.8. The SMILES string of the molecule is C=CC(=O)Nc1cccc(C)c1Nc1ncc2cc(-c3c(Cl)c(OC)cc(OC)c3Cl)nc(NC3CC(F)(F)C3)c2n1. The van der Waals surface area contributed by atoms with Gasteiger partial charge in [-0.1, -0.05) is 41.9 Å². The second-order valence-corrected chi connectivity index (χ2v) is 10.4. The van der Waals surface area contributed by atoms with Crippen molar-refractivity contribution < 1.29 is 23.0 Å².